The number of primary amides is 2. The summed E-state index contributed by atoms with van der Waals surface area (Å²) in [6.45, 7) is 12.0. The molecule has 0 spiro atoms. The minimum atomic E-state index is -0.696. The molecule has 10 atom stereocenters. The fourth-order valence-electron chi connectivity index (χ4n) is 9.31. The first kappa shape index (κ1) is 46.2. The number of aryl methyl sites for hydroxylation is 2. The average Bonchev–Trinajstić information content (AvgIpc) is 3.54. The van der Waals surface area contributed by atoms with Crippen LogP contribution in [-0.2, 0) is 32.0 Å². The van der Waals surface area contributed by atoms with Crippen LogP contribution in [0.15, 0.2) is 48.5 Å². The Hall–Kier alpha value is -3.28. The maximum atomic E-state index is 14.2. The molecule has 0 aromatic heterocycles. The molecule has 6 rings (SSSR count). The lowest BCUT2D eigenvalue weighted by molar-refractivity contribution is -0.141. The lowest BCUT2D eigenvalue weighted by Crippen LogP contribution is -2.57. The molecule has 2 aromatic carbocycles. The molecule has 326 valence electrons. The Bertz CT molecular complexity index is 1820. The number of fused-ring (bicyclic) bond motifs is 2. The number of carbonyl (C=O) groups excluding carboxylic acids is 4. The second-order valence-corrected chi connectivity index (χ2v) is 21.9. The second kappa shape index (κ2) is 18.6. The summed E-state index contributed by atoms with van der Waals surface area (Å²) in [5.41, 5.74) is 15.6. The number of hydrogen-bond acceptors (Lipinski definition) is 10. The fourth-order valence-corrected chi connectivity index (χ4v) is 13.6. The molecule has 4 heterocycles. The largest absolute Gasteiger partial charge is 0.368 e. The van der Waals surface area contributed by atoms with Crippen molar-refractivity contribution in [3.63, 3.8) is 0 Å². The van der Waals surface area contributed by atoms with Crippen molar-refractivity contribution in [2.24, 2.45) is 22.3 Å². The topological polar surface area (TPSA) is 175 Å². The summed E-state index contributed by atoms with van der Waals surface area (Å²) in [7, 11) is 3.66. The molecule has 2 aromatic rings. The van der Waals surface area contributed by atoms with Gasteiger partial charge >= 0.3 is 0 Å². The van der Waals surface area contributed by atoms with Crippen LogP contribution < -0.4 is 32.7 Å². The van der Waals surface area contributed by atoms with E-state index in [1.54, 1.807) is 33.3 Å². The number of nitrogens with zero attached hydrogens (tertiary/aromatic N) is 2. The summed E-state index contributed by atoms with van der Waals surface area (Å²) in [6.07, 6.45) is 4.09. The number of benzene rings is 2. The van der Waals surface area contributed by atoms with Crippen LogP contribution >= 0.6 is 48.0 Å². The Morgan fingerprint density at radius 3 is 1.32 bits per heavy atom. The standard InChI is InChI=1S/C44H62N8O4S4/c1-23(47-7)39(57)49-29-19-31(59-33-21-43(3,4)35(37(45)53)51(33)41(29)55)27-15-11-25(12-16-27)9-10-26-13-17-28(18-14-26)32-20-30(50-40(58)24(2)48-8)42(56)52-34(60-32)22-44(5,6)36(52)38(46)54/h11-18,23-24,29-36,47-48H,9-10,19-22H2,1-8H3,(H2,45,53)(H2,46,54)(H,49,57)(H,50,58)/t23-,24-,29?,30?,31?,32?,33?,34?,35?,36?/m0/s1. The number of amides is 4. The predicted octanol–water partition coefficient (Wildman–Crippen LogP) is 4.49. The SMILES string of the molecule is CN[C@@H](C)C(=S)NC1CC(c2ccc(CCc3ccc(C4CC(NC(=S)[C@H](C)NC)C(=O)N5C(CC(C)(C)C5C(N)=O)S4)cc3)cc2)SC2CC(C)(C)C(C(N)=O)N2C1=O. The molecule has 0 aliphatic carbocycles. The van der Waals surface area contributed by atoms with Gasteiger partial charge in [-0.15, -0.1) is 23.5 Å². The van der Waals surface area contributed by atoms with E-state index in [0.29, 0.717) is 35.7 Å². The van der Waals surface area contributed by atoms with Crippen LogP contribution in [-0.4, -0.2) is 104 Å². The quantitative estimate of drug-likeness (QED) is 0.156. The second-order valence-electron chi connectivity index (χ2n) is 18.2. The minimum Gasteiger partial charge on any atom is -0.368 e. The monoisotopic (exact) mass is 894 g/mol. The summed E-state index contributed by atoms with van der Waals surface area (Å²) in [4.78, 5) is 58.4. The summed E-state index contributed by atoms with van der Waals surface area (Å²) in [5.74, 6) is -1.23. The number of nitrogens with one attached hydrogen (secondary N) is 4. The van der Waals surface area contributed by atoms with E-state index in [0.717, 1.165) is 24.0 Å². The Morgan fingerprint density at radius 1 is 0.683 bits per heavy atom. The van der Waals surface area contributed by atoms with Crippen LogP contribution in [0.1, 0.15) is 100.0 Å². The number of thioether (sulfide) groups is 2. The highest BCUT2D eigenvalue weighted by atomic mass is 32.2. The van der Waals surface area contributed by atoms with Gasteiger partial charge in [-0.25, -0.2) is 0 Å². The normalized spacial score (nSPS) is 29.4. The summed E-state index contributed by atoms with van der Waals surface area (Å²) in [6, 6.07) is 14.6. The van der Waals surface area contributed by atoms with Crippen molar-refractivity contribution in [1.29, 1.82) is 0 Å². The first-order valence-electron chi connectivity index (χ1n) is 20.9. The first-order valence-corrected chi connectivity index (χ1v) is 23.6. The van der Waals surface area contributed by atoms with E-state index in [-0.39, 0.29) is 45.1 Å². The molecule has 0 radical (unpaired) electrons. The van der Waals surface area contributed by atoms with Crippen LogP contribution in [0.5, 0.6) is 0 Å². The zero-order valence-electron chi connectivity index (χ0n) is 36.0. The maximum absolute atomic E-state index is 14.2. The fraction of sp³-hybridized carbons (Fsp3) is 0.591. The number of hydrogen-bond donors (Lipinski definition) is 6. The van der Waals surface area contributed by atoms with E-state index in [1.807, 2.05) is 55.6 Å². The van der Waals surface area contributed by atoms with Gasteiger partial charge in [0.2, 0.25) is 23.6 Å². The molecule has 4 aliphatic rings. The number of rotatable bonds is 13. The van der Waals surface area contributed by atoms with Gasteiger partial charge < -0.3 is 42.5 Å². The molecular formula is C44H62N8O4S4. The van der Waals surface area contributed by atoms with Crippen molar-refractivity contribution in [2.45, 2.75) is 138 Å². The number of carbonyl (C=O) groups is 4. The van der Waals surface area contributed by atoms with Gasteiger partial charge in [-0.2, -0.15) is 0 Å². The first-order chi connectivity index (χ1) is 28.3. The highest BCUT2D eigenvalue weighted by Crippen LogP contribution is 2.53. The zero-order chi connectivity index (χ0) is 43.8. The molecule has 4 aliphatic heterocycles. The molecule has 16 heteroatoms. The van der Waals surface area contributed by atoms with Crippen LogP contribution in [0.4, 0.5) is 0 Å². The van der Waals surface area contributed by atoms with Crippen LogP contribution in [0.25, 0.3) is 0 Å². The van der Waals surface area contributed by atoms with E-state index in [2.05, 4.69) is 69.8 Å². The Kier molecular flexibility index (Phi) is 14.3. The van der Waals surface area contributed by atoms with Crippen LogP contribution in [0.2, 0.25) is 0 Å². The molecule has 12 nitrogen and oxygen atoms in total. The molecule has 60 heavy (non-hydrogen) atoms. The molecule has 0 saturated carbocycles. The van der Waals surface area contributed by atoms with E-state index in [9.17, 15) is 19.2 Å². The van der Waals surface area contributed by atoms with Crippen molar-refractivity contribution in [3.8, 4) is 0 Å². The Morgan fingerprint density at radius 2 is 1.02 bits per heavy atom. The highest BCUT2D eigenvalue weighted by Gasteiger charge is 2.56. The molecule has 4 fully saturated rings. The number of nitrogens with two attached hydrogens (primary N) is 2. The van der Waals surface area contributed by atoms with Gasteiger partial charge in [-0.3, -0.25) is 19.2 Å². The number of thiocarbonyl (C=S) groups is 2. The highest BCUT2D eigenvalue weighted by molar-refractivity contribution is 8.00. The van der Waals surface area contributed by atoms with Crippen molar-refractivity contribution < 1.29 is 19.2 Å². The van der Waals surface area contributed by atoms with Gasteiger partial charge in [0.05, 0.1) is 32.8 Å². The number of likely N-dealkylation sites (N-methyl/N-ethyl adjacent to an activating group) is 2. The van der Waals surface area contributed by atoms with Gasteiger partial charge in [0, 0.05) is 10.5 Å². The van der Waals surface area contributed by atoms with Gasteiger partial charge in [0.25, 0.3) is 0 Å². The molecule has 8 unspecified atom stereocenters. The van der Waals surface area contributed by atoms with Crippen molar-refractivity contribution in [1.82, 2.24) is 31.1 Å². The van der Waals surface area contributed by atoms with Crippen LogP contribution in [0.3, 0.4) is 0 Å². The lowest BCUT2D eigenvalue weighted by atomic mass is 9.84. The van der Waals surface area contributed by atoms with E-state index >= 15 is 0 Å². The third kappa shape index (κ3) is 9.68. The third-order valence-electron chi connectivity index (χ3n) is 12.9. The van der Waals surface area contributed by atoms with E-state index in [4.69, 9.17) is 35.9 Å². The van der Waals surface area contributed by atoms with Crippen molar-refractivity contribution in [2.75, 3.05) is 14.1 Å². The Balaban J connectivity index is 1.15. The van der Waals surface area contributed by atoms with Crippen LogP contribution in [0, 0.1) is 10.8 Å². The van der Waals surface area contributed by atoms with E-state index < -0.39 is 46.8 Å². The summed E-state index contributed by atoms with van der Waals surface area (Å²) in [5, 5.41) is 12.6. The predicted molar refractivity (Wildman–Crippen MR) is 250 cm³/mol. The van der Waals surface area contributed by atoms with E-state index in [1.165, 1.54) is 11.1 Å². The minimum absolute atomic E-state index is 0.00327. The van der Waals surface area contributed by atoms with Gasteiger partial charge in [0.15, 0.2) is 0 Å². The van der Waals surface area contributed by atoms with Gasteiger partial charge in [-0.1, -0.05) is 101 Å². The smallest absolute Gasteiger partial charge is 0.246 e. The Labute approximate surface area is 374 Å². The summed E-state index contributed by atoms with van der Waals surface area (Å²) >= 11 is 14.8. The summed E-state index contributed by atoms with van der Waals surface area (Å²) < 4.78 is 0. The molecule has 4 amide bonds. The maximum Gasteiger partial charge on any atom is 0.246 e. The van der Waals surface area contributed by atoms with Gasteiger partial charge in [0.1, 0.15) is 24.2 Å². The third-order valence-corrected chi connectivity index (χ3v) is 16.9. The zero-order valence-corrected chi connectivity index (χ0v) is 39.2. The van der Waals surface area contributed by atoms with Gasteiger partial charge in [-0.05, 0) is 99.6 Å². The molecular weight excluding hydrogens is 833 g/mol. The van der Waals surface area contributed by atoms with Crippen molar-refractivity contribution >= 4 is 81.6 Å². The van der Waals surface area contributed by atoms with Crippen molar-refractivity contribution in [3.05, 3.63) is 70.8 Å². The molecule has 0 bridgehead atoms. The lowest BCUT2D eigenvalue weighted by Gasteiger charge is -2.33. The molecule has 4 saturated heterocycles. The average molecular weight is 895 g/mol. The molecule has 8 N–H and O–H groups in total.